The van der Waals surface area contributed by atoms with Crippen molar-refractivity contribution in [2.45, 2.75) is 13.1 Å². The van der Waals surface area contributed by atoms with E-state index in [0.717, 1.165) is 16.2 Å². The van der Waals surface area contributed by atoms with E-state index in [1.807, 2.05) is 12.1 Å². The maximum atomic E-state index is 12.1. The molecule has 0 saturated carbocycles. The number of nitro benzene ring substituents is 1. The quantitative estimate of drug-likeness (QED) is 0.531. The van der Waals surface area contributed by atoms with Crippen LogP contribution in [0.3, 0.4) is 0 Å². The summed E-state index contributed by atoms with van der Waals surface area (Å²) in [4.78, 5) is 34.3. The van der Waals surface area contributed by atoms with Gasteiger partial charge in [0.05, 0.1) is 23.6 Å². The normalized spacial score (nSPS) is 10.7. The molecule has 134 valence electrons. The number of amides is 1. The number of aromatic nitrogens is 1. The SMILES string of the molecule is COc1ccc(CNC(=O)Cn2c(=O)oc3cc([N+](=O)[O-])ccc32)cc1. The van der Waals surface area contributed by atoms with Crippen molar-refractivity contribution in [3.05, 3.63) is 68.7 Å². The fourth-order valence-corrected chi connectivity index (χ4v) is 2.46. The predicted octanol–water partition coefficient (Wildman–Crippen LogP) is 1.83. The molecular weight excluding hydrogens is 342 g/mol. The molecule has 0 aliphatic rings. The molecule has 0 atom stereocenters. The molecule has 3 aromatic rings. The van der Waals surface area contributed by atoms with Gasteiger partial charge in [-0.15, -0.1) is 0 Å². The van der Waals surface area contributed by atoms with E-state index >= 15 is 0 Å². The second-order valence-electron chi connectivity index (χ2n) is 5.49. The molecule has 0 unspecified atom stereocenters. The minimum absolute atomic E-state index is 0.0622. The topological polar surface area (TPSA) is 117 Å². The minimum atomic E-state index is -0.750. The average Bonchev–Trinajstić information content (AvgIpc) is 2.95. The highest BCUT2D eigenvalue weighted by Crippen LogP contribution is 2.20. The van der Waals surface area contributed by atoms with E-state index in [-0.39, 0.29) is 23.7 Å². The lowest BCUT2D eigenvalue weighted by Gasteiger charge is -2.07. The fourth-order valence-electron chi connectivity index (χ4n) is 2.46. The number of rotatable bonds is 6. The highest BCUT2D eigenvalue weighted by Gasteiger charge is 2.16. The lowest BCUT2D eigenvalue weighted by atomic mass is 10.2. The van der Waals surface area contributed by atoms with Crippen LogP contribution in [0, 0.1) is 10.1 Å². The number of carbonyl (C=O) groups excluding carboxylic acids is 1. The van der Waals surface area contributed by atoms with Gasteiger partial charge in [0, 0.05) is 12.6 Å². The molecule has 0 fully saturated rings. The summed E-state index contributed by atoms with van der Waals surface area (Å²) < 4.78 is 11.2. The van der Waals surface area contributed by atoms with Crippen LogP contribution in [0.4, 0.5) is 5.69 Å². The minimum Gasteiger partial charge on any atom is -0.497 e. The first-order valence-corrected chi connectivity index (χ1v) is 7.65. The fraction of sp³-hybridized carbons (Fsp3) is 0.176. The van der Waals surface area contributed by atoms with Gasteiger partial charge in [-0.2, -0.15) is 0 Å². The van der Waals surface area contributed by atoms with Gasteiger partial charge in [-0.3, -0.25) is 19.5 Å². The Morgan fingerprint density at radius 1 is 1.27 bits per heavy atom. The van der Waals surface area contributed by atoms with Crippen molar-refractivity contribution >= 4 is 22.7 Å². The lowest BCUT2D eigenvalue weighted by molar-refractivity contribution is -0.384. The molecule has 1 heterocycles. The Kier molecular flexibility index (Phi) is 4.70. The Morgan fingerprint density at radius 3 is 2.65 bits per heavy atom. The van der Waals surface area contributed by atoms with E-state index in [1.54, 1.807) is 19.2 Å². The first kappa shape index (κ1) is 17.2. The standard InChI is InChI=1S/C17H15N3O6/c1-25-13-5-2-11(3-6-13)9-18-16(21)10-19-14-7-4-12(20(23)24)8-15(14)26-17(19)22/h2-8H,9-10H2,1H3,(H,18,21). The number of hydrogen-bond donors (Lipinski definition) is 1. The molecule has 2 aromatic carbocycles. The van der Waals surface area contributed by atoms with Crippen molar-refractivity contribution in [2.75, 3.05) is 7.11 Å². The van der Waals surface area contributed by atoms with E-state index in [0.29, 0.717) is 17.8 Å². The third-order valence-corrected chi connectivity index (χ3v) is 3.81. The molecule has 0 aliphatic carbocycles. The Balaban J connectivity index is 1.71. The molecule has 9 nitrogen and oxygen atoms in total. The number of ether oxygens (including phenoxy) is 1. The van der Waals surface area contributed by atoms with Crippen molar-refractivity contribution < 1.29 is 18.9 Å². The molecule has 1 aromatic heterocycles. The summed E-state index contributed by atoms with van der Waals surface area (Å²) in [6.45, 7) is 0.0403. The van der Waals surface area contributed by atoms with Gasteiger partial charge >= 0.3 is 5.76 Å². The van der Waals surface area contributed by atoms with Gasteiger partial charge in [-0.05, 0) is 23.8 Å². The summed E-state index contributed by atoms with van der Waals surface area (Å²) in [6.07, 6.45) is 0. The monoisotopic (exact) mass is 357 g/mol. The maximum absolute atomic E-state index is 12.1. The number of nitrogens with one attached hydrogen (secondary N) is 1. The second kappa shape index (κ2) is 7.09. The van der Waals surface area contributed by atoms with Gasteiger partial charge in [0.1, 0.15) is 12.3 Å². The van der Waals surface area contributed by atoms with Gasteiger partial charge in [-0.1, -0.05) is 12.1 Å². The molecule has 26 heavy (non-hydrogen) atoms. The van der Waals surface area contributed by atoms with E-state index in [9.17, 15) is 19.7 Å². The van der Waals surface area contributed by atoms with Crippen LogP contribution >= 0.6 is 0 Å². The number of non-ortho nitro benzene ring substituents is 1. The molecule has 0 bridgehead atoms. The number of hydrogen-bond acceptors (Lipinski definition) is 6. The average molecular weight is 357 g/mol. The zero-order valence-electron chi connectivity index (χ0n) is 13.8. The summed E-state index contributed by atoms with van der Waals surface area (Å²) in [5.41, 5.74) is 1.06. The lowest BCUT2D eigenvalue weighted by Crippen LogP contribution is -2.30. The maximum Gasteiger partial charge on any atom is 0.420 e. The number of nitrogens with zero attached hydrogens (tertiary/aromatic N) is 2. The van der Waals surface area contributed by atoms with Crippen LogP contribution in [0.25, 0.3) is 11.1 Å². The molecule has 0 saturated heterocycles. The van der Waals surface area contributed by atoms with Crippen LogP contribution in [0.2, 0.25) is 0 Å². The number of oxazole rings is 1. The van der Waals surface area contributed by atoms with Crippen LogP contribution in [-0.2, 0) is 17.9 Å². The largest absolute Gasteiger partial charge is 0.497 e. The van der Waals surface area contributed by atoms with Crippen LogP contribution in [-0.4, -0.2) is 22.5 Å². The first-order valence-electron chi connectivity index (χ1n) is 7.65. The zero-order valence-corrected chi connectivity index (χ0v) is 13.8. The molecule has 0 radical (unpaired) electrons. The smallest absolute Gasteiger partial charge is 0.420 e. The number of nitro groups is 1. The summed E-state index contributed by atoms with van der Waals surface area (Å²) in [5, 5.41) is 13.5. The molecule has 1 amide bonds. The van der Waals surface area contributed by atoms with E-state index in [2.05, 4.69) is 5.32 Å². The van der Waals surface area contributed by atoms with Crippen LogP contribution in [0.15, 0.2) is 51.7 Å². The molecular formula is C17H15N3O6. The third kappa shape index (κ3) is 3.56. The molecule has 0 aliphatic heterocycles. The highest BCUT2D eigenvalue weighted by atomic mass is 16.6. The van der Waals surface area contributed by atoms with E-state index < -0.39 is 10.7 Å². The highest BCUT2D eigenvalue weighted by molar-refractivity contribution is 5.80. The van der Waals surface area contributed by atoms with Crippen molar-refractivity contribution in [3.8, 4) is 5.75 Å². The van der Waals surface area contributed by atoms with Crippen LogP contribution in [0.5, 0.6) is 5.75 Å². The summed E-state index contributed by atoms with van der Waals surface area (Å²) in [7, 11) is 1.57. The van der Waals surface area contributed by atoms with Crippen molar-refractivity contribution in [2.24, 2.45) is 0 Å². The van der Waals surface area contributed by atoms with Crippen molar-refractivity contribution in [1.29, 1.82) is 0 Å². The summed E-state index contributed by atoms with van der Waals surface area (Å²) in [6, 6.07) is 11.0. The van der Waals surface area contributed by atoms with Crippen LogP contribution < -0.4 is 15.8 Å². The second-order valence-corrected chi connectivity index (χ2v) is 5.49. The van der Waals surface area contributed by atoms with Gasteiger partial charge < -0.3 is 14.5 Å². The number of carbonyl (C=O) groups is 1. The van der Waals surface area contributed by atoms with Crippen molar-refractivity contribution in [1.82, 2.24) is 9.88 Å². The number of methoxy groups -OCH3 is 1. The third-order valence-electron chi connectivity index (χ3n) is 3.81. The summed E-state index contributed by atoms with van der Waals surface area (Å²) >= 11 is 0. The Bertz CT molecular complexity index is 1020. The summed E-state index contributed by atoms with van der Waals surface area (Å²) in [5.74, 6) is -0.422. The predicted molar refractivity (Wildman–Crippen MR) is 92.0 cm³/mol. The molecule has 1 N–H and O–H groups in total. The number of fused-ring (bicyclic) bond motifs is 1. The number of benzene rings is 2. The zero-order chi connectivity index (χ0) is 18.7. The van der Waals surface area contributed by atoms with Gasteiger partial charge in [-0.25, -0.2) is 4.79 Å². The van der Waals surface area contributed by atoms with E-state index in [4.69, 9.17) is 9.15 Å². The van der Waals surface area contributed by atoms with Crippen LogP contribution in [0.1, 0.15) is 5.56 Å². The van der Waals surface area contributed by atoms with Gasteiger partial charge in [0.15, 0.2) is 5.58 Å². The van der Waals surface area contributed by atoms with Crippen molar-refractivity contribution in [3.63, 3.8) is 0 Å². The Hall–Kier alpha value is -3.62. The Labute approximate surface area is 146 Å². The van der Waals surface area contributed by atoms with Gasteiger partial charge in [0.2, 0.25) is 5.91 Å². The molecule has 9 heteroatoms. The molecule has 0 spiro atoms. The Morgan fingerprint density at radius 2 is 2.00 bits per heavy atom. The van der Waals surface area contributed by atoms with Gasteiger partial charge in [0.25, 0.3) is 5.69 Å². The first-order chi connectivity index (χ1) is 12.5. The van der Waals surface area contributed by atoms with E-state index in [1.165, 1.54) is 12.1 Å². The molecule has 3 rings (SSSR count).